The number of halogens is 1. The maximum Gasteiger partial charge on any atom is 0.271 e. The normalized spacial score (nSPS) is 11.3. The molecule has 0 aliphatic carbocycles. The molecule has 0 radical (unpaired) electrons. The summed E-state index contributed by atoms with van der Waals surface area (Å²) in [5, 5.41) is 4.47. The molecule has 0 aliphatic rings. The van der Waals surface area contributed by atoms with Crippen LogP contribution in [0.2, 0.25) is 5.02 Å². The van der Waals surface area contributed by atoms with Crippen molar-refractivity contribution in [2.45, 2.75) is 4.90 Å². The first-order valence-electron chi connectivity index (χ1n) is 8.74. The smallest absolute Gasteiger partial charge is 0.271 e. The molecule has 0 atom stereocenters. The fraction of sp³-hybridized carbons (Fsp3) is 0.0476. The van der Waals surface area contributed by atoms with Crippen molar-refractivity contribution in [3.63, 3.8) is 0 Å². The second kappa shape index (κ2) is 9.43. The van der Waals surface area contributed by atoms with E-state index in [0.29, 0.717) is 16.5 Å². The molecule has 0 unspecified atom stereocenters. The molecule has 3 aromatic rings. The topological polar surface area (TPSA) is 96.9 Å². The lowest BCUT2D eigenvalue weighted by atomic mass is 10.2. The first-order valence-corrected chi connectivity index (χ1v) is 10.6. The van der Waals surface area contributed by atoms with Crippen molar-refractivity contribution < 1.29 is 17.9 Å². The summed E-state index contributed by atoms with van der Waals surface area (Å²) in [6.45, 7) is 0. The van der Waals surface area contributed by atoms with Gasteiger partial charge in [0.05, 0.1) is 23.9 Å². The molecule has 2 N–H and O–H groups in total. The Hall–Kier alpha value is -3.36. The Kier molecular flexibility index (Phi) is 6.71. The highest BCUT2D eigenvalue weighted by molar-refractivity contribution is 7.92. The van der Waals surface area contributed by atoms with Gasteiger partial charge in [0.1, 0.15) is 5.75 Å². The minimum absolute atomic E-state index is 0.0669. The van der Waals surface area contributed by atoms with E-state index in [9.17, 15) is 13.2 Å². The lowest BCUT2D eigenvalue weighted by molar-refractivity contribution is 0.0955. The molecule has 30 heavy (non-hydrogen) atoms. The molecule has 3 aromatic carbocycles. The van der Waals surface area contributed by atoms with Crippen molar-refractivity contribution in [2.75, 3.05) is 11.8 Å². The van der Waals surface area contributed by atoms with Gasteiger partial charge in [-0.3, -0.25) is 9.52 Å². The van der Waals surface area contributed by atoms with Crippen LogP contribution in [-0.2, 0) is 10.0 Å². The van der Waals surface area contributed by atoms with Gasteiger partial charge < -0.3 is 4.74 Å². The number of amides is 1. The summed E-state index contributed by atoms with van der Waals surface area (Å²) in [5.74, 6) is -0.166. The van der Waals surface area contributed by atoms with Crippen LogP contribution < -0.4 is 14.9 Å². The minimum Gasteiger partial charge on any atom is -0.495 e. The van der Waals surface area contributed by atoms with Gasteiger partial charge in [0, 0.05) is 10.6 Å². The van der Waals surface area contributed by atoms with Crippen LogP contribution in [0.15, 0.2) is 82.8 Å². The van der Waals surface area contributed by atoms with E-state index in [0.717, 1.165) is 5.56 Å². The molecule has 0 heterocycles. The molecule has 154 valence electrons. The summed E-state index contributed by atoms with van der Waals surface area (Å²) < 4.78 is 33.1. The summed E-state index contributed by atoms with van der Waals surface area (Å²) >= 11 is 5.82. The SMILES string of the molecule is COc1ccccc1NS(=O)(=O)c1cccc(C(=O)N/N=C\c2ccc(Cl)cc2)c1. The number of hydrogen-bond donors (Lipinski definition) is 2. The molecular formula is C21H18ClN3O4S. The number of rotatable bonds is 7. The summed E-state index contributed by atoms with van der Waals surface area (Å²) in [6, 6.07) is 19.2. The van der Waals surface area contributed by atoms with Crippen molar-refractivity contribution >= 4 is 39.4 Å². The third kappa shape index (κ3) is 5.37. The molecule has 1 amide bonds. The molecule has 3 rings (SSSR count). The molecule has 0 fully saturated rings. The Bertz CT molecular complexity index is 1180. The number of nitrogens with zero attached hydrogens (tertiary/aromatic N) is 1. The molecule has 0 saturated heterocycles. The van der Waals surface area contributed by atoms with Crippen molar-refractivity contribution in [2.24, 2.45) is 5.10 Å². The number of ether oxygens (including phenoxy) is 1. The largest absolute Gasteiger partial charge is 0.495 e. The summed E-state index contributed by atoms with van der Waals surface area (Å²) in [7, 11) is -2.48. The number of benzene rings is 3. The highest BCUT2D eigenvalue weighted by Crippen LogP contribution is 2.26. The van der Waals surface area contributed by atoms with Gasteiger partial charge in [0.15, 0.2) is 0 Å². The highest BCUT2D eigenvalue weighted by Gasteiger charge is 2.18. The summed E-state index contributed by atoms with van der Waals surface area (Å²) in [5.41, 5.74) is 3.56. The van der Waals surface area contributed by atoms with Gasteiger partial charge in [-0.05, 0) is 48.0 Å². The zero-order valence-electron chi connectivity index (χ0n) is 15.9. The van der Waals surface area contributed by atoms with E-state index in [1.807, 2.05) is 0 Å². The average molecular weight is 444 g/mol. The molecule has 0 aromatic heterocycles. The lowest BCUT2D eigenvalue weighted by Crippen LogP contribution is -2.19. The van der Waals surface area contributed by atoms with E-state index >= 15 is 0 Å². The van der Waals surface area contributed by atoms with Crippen LogP contribution >= 0.6 is 11.6 Å². The van der Waals surface area contributed by atoms with Crippen LogP contribution in [0.1, 0.15) is 15.9 Å². The van der Waals surface area contributed by atoms with Gasteiger partial charge in [-0.1, -0.05) is 41.9 Å². The zero-order valence-corrected chi connectivity index (χ0v) is 17.4. The number of methoxy groups -OCH3 is 1. The predicted octanol–water partition coefficient (Wildman–Crippen LogP) is 3.91. The number of para-hydroxylation sites is 2. The van der Waals surface area contributed by atoms with Crippen LogP contribution in [0.25, 0.3) is 0 Å². The minimum atomic E-state index is -3.93. The van der Waals surface area contributed by atoms with Crippen molar-refractivity contribution in [3.05, 3.63) is 88.9 Å². The van der Waals surface area contributed by atoms with E-state index in [-0.39, 0.29) is 10.5 Å². The van der Waals surface area contributed by atoms with E-state index < -0.39 is 15.9 Å². The van der Waals surface area contributed by atoms with Gasteiger partial charge in [0.2, 0.25) is 0 Å². The monoisotopic (exact) mass is 443 g/mol. The van der Waals surface area contributed by atoms with Crippen LogP contribution in [-0.4, -0.2) is 27.6 Å². The predicted molar refractivity (Wildman–Crippen MR) is 117 cm³/mol. The van der Waals surface area contributed by atoms with Crippen LogP contribution in [0.3, 0.4) is 0 Å². The lowest BCUT2D eigenvalue weighted by Gasteiger charge is -2.12. The summed E-state index contributed by atoms with van der Waals surface area (Å²) in [4.78, 5) is 12.3. The number of anilines is 1. The Morgan fingerprint density at radius 2 is 1.77 bits per heavy atom. The zero-order chi connectivity index (χ0) is 21.6. The number of hydrogen-bond acceptors (Lipinski definition) is 5. The maximum absolute atomic E-state index is 12.7. The fourth-order valence-electron chi connectivity index (χ4n) is 2.52. The quantitative estimate of drug-likeness (QED) is 0.427. The van der Waals surface area contributed by atoms with Crippen LogP contribution in [0.4, 0.5) is 5.69 Å². The molecule has 0 bridgehead atoms. The number of nitrogens with one attached hydrogen (secondary N) is 2. The van der Waals surface area contributed by atoms with E-state index in [2.05, 4.69) is 15.2 Å². The second-order valence-electron chi connectivity index (χ2n) is 6.08. The fourth-order valence-corrected chi connectivity index (χ4v) is 3.76. The van der Waals surface area contributed by atoms with Crippen LogP contribution in [0, 0.1) is 0 Å². The van der Waals surface area contributed by atoms with Gasteiger partial charge in [-0.25, -0.2) is 13.8 Å². The van der Waals surface area contributed by atoms with Crippen molar-refractivity contribution in [3.8, 4) is 5.75 Å². The van der Waals surface area contributed by atoms with Gasteiger partial charge in [-0.2, -0.15) is 5.10 Å². The van der Waals surface area contributed by atoms with Gasteiger partial charge in [-0.15, -0.1) is 0 Å². The molecule has 7 nitrogen and oxygen atoms in total. The Morgan fingerprint density at radius 1 is 1.03 bits per heavy atom. The third-order valence-corrected chi connectivity index (χ3v) is 5.62. The van der Waals surface area contributed by atoms with E-state index in [1.165, 1.54) is 37.6 Å². The third-order valence-electron chi connectivity index (χ3n) is 4.01. The van der Waals surface area contributed by atoms with Gasteiger partial charge in [0.25, 0.3) is 15.9 Å². The number of carbonyl (C=O) groups excluding carboxylic acids is 1. The molecule has 0 aliphatic heterocycles. The standard InChI is InChI=1S/C21H18ClN3O4S/c1-29-20-8-3-2-7-19(20)25-30(27,28)18-6-4-5-16(13-18)21(26)24-23-14-15-9-11-17(22)12-10-15/h2-14,25H,1H3,(H,24,26)/b23-14-. The van der Waals surface area contributed by atoms with E-state index in [1.54, 1.807) is 48.5 Å². The molecule has 9 heteroatoms. The number of hydrazone groups is 1. The molecule has 0 spiro atoms. The van der Waals surface area contributed by atoms with Gasteiger partial charge >= 0.3 is 0 Å². The van der Waals surface area contributed by atoms with Crippen LogP contribution in [0.5, 0.6) is 5.75 Å². The molecular weight excluding hydrogens is 426 g/mol. The van der Waals surface area contributed by atoms with Crippen molar-refractivity contribution in [1.29, 1.82) is 0 Å². The Balaban J connectivity index is 1.74. The Labute approximate surface area is 179 Å². The highest BCUT2D eigenvalue weighted by atomic mass is 35.5. The van der Waals surface area contributed by atoms with E-state index in [4.69, 9.17) is 16.3 Å². The first kappa shape index (κ1) is 21.4. The molecule has 0 saturated carbocycles. The average Bonchev–Trinajstić information content (AvgIpc) is 2.75. The number of carbonyl (C=O) groups is 1. The van der Waals surface area contributed by atoms with Crippen molar-refractivity contribution in [1.82, 2.24) is 5.43 Å². The summed E-state index contributed by atoms with van der Waals surface area (Å²) in [6.07, 6.45) is 1.46. The second-order valence-corrected chi connectivity index (χ2v) is 8.20. The Morgan fingerprint density at radius 3 is 2.50 bits per heavy atom. The first-order chi connectivity index (χ1) is 14.4. The maximum atomic E-state index is 12.7. The number of sulfonamides is 1.